The van der Waals surface area contributed by atoms with E-state index < -0.39 is 29.4 Å². The first-order valence-corrected chi connectivity index (χ1v) is 8.42. The van der Waals surface area contributed by atoms with Gasteiger partial charge in [-0.1, -0.05) is 11.6 Å². The molecule has 1 unspecified atom stereocenters. The molecular weight excluding hydrogens is 387 g/mol. The number of pyridine rings is 1. The fourth-order valence-corrected chi connectivity index (χ4v) is 3.38. The number of furan rings is 1. The van der Waals surface area contributed by atoms with Gasteiger partial charge in [-0.05, 0) is 18.6 Å². The van der Waals surface area contributed by atoms with E-state index in [-0.39, 0.29) is 29.5 Å². The van der Waals surface area contributed by atoms with E-state index >= 15 is 0 Å². The molecule has 142 valence electrons. The minimum Gasteiger partial charge on any atom is -0.472 e. The Balaban J connectivity index is 1.89. The summed E-state index contributed by atoms with van der Waals surface area (Å²) >= 11 is 6.22. The number of aliphatic hydroxyl groups is 1. The van der Waals surface area contributed by atoms with Gasteiger partial charge < -0.3 is 14.4 Å². The van der Waals surface area contributed by atoms with Gasteiger partial charge in [-0.15, -0.1) is 0 Å². The topological polar surface area (TPSA) is 71.0 Å². The van der Waals surface area contributed by atoms with Crippen LogP contribution in [0, 0.1) is 0 Å². The molecule has 3 aromatic rings. The van der Waals surface area contributed by atoms with Crippen LogP contribution in [0.2, 0.25) is 5.15 Å². The van der Waals surface area contributed by atoms with Crippen molar-refractivity contribution in [2.75, 3.05) is 13.1 Å². The maximum Gasteiger partial charge on any atom is 0.420 e. The van der Waals surface area contributed by atoms with Gasteiger partial charge in [0.2, 0.25) is 0 Å². The number of imidazole rings is 1. The van der Waals surface area contributed by atoms with Crippen molar-refractivity contribution in [3.8, 4) is 11.1 Å². The third-order valence-corrected chi connectivity index (χ3v) is 4.84. The van der Waals surface area contributed by atoms with Crippen LogP contribution < -0.4 is 0 Å². The number of hydrogen-bond acceptors (Lipinski definition) is 4. The Morgan fingerprint density at radius 2 is 2.15 bits per heavy atom. The second-order valence-electron chi connectivity index (χ2n) is 6.29. The molecule has 6 nitrogen and oxygen atoms in total. The van der Waals surface area contributed by atoms with E-state index in [0.717, 1.165) is 10.5 Å². The third kappa shape index (κ3) is 3.06. The van der Waals surface area contributed by atoms with Crippen molar-refractivity contribution in [1.82, 2.24) is 14.3 Å². The largest absolute Gasteiger partial charge is 0.472 e. The van der Waals surface area contributed by atoms with Crippen LogP contribution in [0.5, 0.6) is 0 Å². The number of β-amino-alcohol motifs (C(OH)–C–C–N with tert-alkyl or cyclic N) is 1. The molecule has 27 heavy (non-hydrogen) atoms. The van der Waals surface area contributed by atoms with Crippen molar-refractivity contribution in [2.45, 2.75) is 18.7 Å². The Hall–Kier alpha value is -2.52. The maximum absolute atomic E-state index is 13.6. The highest BCUT2D eigenvalue weighted by atomic mass is 35.5. The fourth-order valence-electron chi connectivity index (χ4n) is 3.12. The van der Waals surface area contributed by atoms with E-state index in [4.69, 9.17) is 16.0 Å². The molecule has 0 radical (unpaired) electrons. The Kier molecular flexibility index (Phi) is 4.15. The second kappa shape index (κ2) is 6.28. The molecule has 0 saturated carbocycles. The van der Waals surface area contributed by atoms with E-state index in [1.807, 2.05) is 0 Å². The summed E-state index contributed by atoms with van der Waals surface area (Å²) in [6.07, 6.45) is -0.932. The molecule has 1 aliphatic heterocycles. The van der Waals surface area contributed by atoms with Crippen LogP contribution >= 0.6 is 11.6 Å². The number of aromatic nitrogens is 2. The molecule has 0 bridgehead atoms. The molecule has 1 saturated heterocycles. The number of rotatable bonds is 2. The van der Waals surface area contributed by atoms with Crippen molar-refractivity contribution in [2.24, 2.45) is 0 Å². The Labute approximate surface area is 155 Å². The van der Waals surface area contributed by atoms with Crippen LogP contribution in [0.4, 0.5) is 13.2 Å². The standard InChI is InChI=1S/C17H13ClF3N3O3/c18-14-13(16(26)23-3-1-11(25)7-23)22-15-12(17(19,20)21)5-10(6-24(14)15)9-2-4-27-8-9/h2,4-6,8,11,25H,1,3,7H2. The van der Waals surface area contributed by atoms with Crippen LogP contribution in [0.25, 0.3) is 16.8 Å². The van der Waals surface area contributed by atoms with Crippen molar-refractivity contribution >= 4 is 23.2 Å². The fraction of sp³-hybridized carbons (Fsp3) is 0.294. The summed E-state index contributed by atoms with van der Waals surface area (Å²) in [6.45, 7) is 0.381. The number of carbonyl (C=O) groups is 1. The third-order valence-electron chi connectivity index (χ3n) is 4.47. The number of hydrogen-bond donors (Lipinski definition) is 1. The lowest BCUT2D eigenvalue weighted by Gasteiger charge is -2.13. The zero-order chi connectivity index (χ0) is 19.3. The zero-order valence-electron chi connectivity index (χ0n) is 13.7. The van der Waals surface area contributed by atoms with Gasteiger partial charge in [0.25, 0.3) is 5.91 Å². The molecule has 1 amide bonds. The summed E-state index contributed by atoms with van der Waals surface area (Å²) in [5.74, 6) is -0.613. The lowest BCUT2D eigenvalue weighted by Crippen LogP contribution is -2.30. The van der Waals surface area contributed by atoms with Crippen LogP contribution in [0.3, 0.4) is 0 Å². The molecule has 1 atom stereocenters. The molecule has 0 aliphatic carbocycles. The van der Waals surface area contributed by atoms with Crippen LogP contribution in [-0.4, -0.2) is 44.5 Å². The zero-order valence-corrected chi connectivity index (χ0v) is 14.5. The Morgan fingerprint density at radius 1 is 1.37 bits per heavy atom. The van der Waals surface area contributed by atoms with E-state index in [9.17, 15) is 23.1 Å². The molecule has 4 rings (SSSR count). The smallest absolute Gasteiger partial charge is 0.420 e. The monoisotopic (exact) mass is 399 g/mol. The highest BCUT2D eigenvalue weighted by molar-refractivity contribution is 6.33. The van der Waals surface area contributed by atoms with Gasteiger partial charge in [0.1, 0.15) is 5.15 Å². The van der Waals surface area contributed by atoms with Crippen molar-refractivity contribution < 1.29 is 27.5 Å². The predicted octanol–water partition coefficient (Wildman–Crippen LogP) is 3.47. The van der Waals surface area contributed by atoms with Gasteiger partial charge in [-0.3, -0.25) is 9.20 Å². The Morgan fingerprint density at radius 3 is 2.74 bits per heavy atom. The number of fused-ring (bicyclic) bond motifs is 1. The maximum atomic E-state index is 13.6. The first-order chi connectivity index (χ1) is 12.8. The molecule has 0 aromatic carbocycles. The van der Waals surface area contributed by atoms with Crippen molar-refractivity contribution in [1.29, 1.82) is 0 Å². The summed E-state index contributed by atoms with van der Waals surface area (Å²) in [6, 6.07) is 2.46. The number of likely N-dealkylation sites (tertiary alicyclic amines) is 1. The van der Waals surface area contributed by atoms with Gasteiger partial charge in [0.15, 0.2) is 11.3 Å². The van der Waals surface area contributed by atoms with E-state index in [1.54, 1.807) is 0 Å². The summed E-state index contributed by atoms with van der Waals surface area (Å²) in [5, 5.41) is 9.37. The minimum absolute atomic E-state index is 0.0927. The normalized spacial score (nSPS) is 17.8. The van der Waals surface area contributed by atoms with E-state index in [0.29, 0.717) is 12.0 Å². The summed E-state index contributed by atoms with van der Waals surface area (Å²) < 4.78 is 46.7. The lowest BCUT2D eigenvalue weighted by atomic mass is 10.1. The molecule has 1 aliphatic rings. The highest BCUT2D eigenvalue weighted by Crippen LogP contribution is 2.37. The lowest BCUT2D eigenvalue weighted by molar-refractivity contribution is -0.136. The first-order valence-electron chi connectivity index (χ1n) is 8.04. The quantitative estimate of drug-likeness (QED) is 0.716. The van der Waals surface area contributed by atoms with Gasteiger partial charge in [-0.2, -0.15) is 13.2 Å². The molecule has 10 heteroatoms. The molecule has 0 spiro atoms. The van der Waals surface area contributed by atoms with Gasteiger partial charge in [0.05, 0.1) is 24.2 Å². The second-order valence-corrected chi connectivity index (χ2v) is 6.65. The molecule has 3 aromatic heterocycles. The van der Waals surface area contributed by atoms with Crippen LogP contribution in [0.15, 0.2) is 35.3 Å². The predicted molar refractivity (Wildman–Crippen MR) is 89.4 cm³/mol. The number of carbonyl (C=O) groups excluding carboxylic acids is 1. The van der Waals surface area contributed by atoms with Crippen molar-refractivity contribution in [3.05, 3.63) is 47.3 Å². The number of amides is 1. The molecular formula is C17H13ClF3N3O3. The van der Waals surface area contributed by atoms with Crippen LogP contribution in [0.1, 0.15) is 22.5 Å². The van der Waals surface area contributed by atoms with Gasteiger partial charge in [0, 0.05) is 30.4 Å². The number of nitrogens with zero attached hydrogens (tertiary/aromatic N) is 3. The van der Waals surface area contributed by atoms with E-state index in [1.165, 1.54) is 29.7 Å². The summed E-state index contributed by atoms with van der Waals surface area (Å²) in [4.78, 5) is 17.8. The molecule has 1 N–H and O–H groups in total. The SMILES string of the molecule is O=C(c1nc2c(C(F)(F)F)cc(-c3ccoc3)cn2c1Cl)N1CCC(O)C1. The van der Waals surface area contributed by atoms with Crippen LogP contribution in [-0.2, 0) is 6.18 Å². The summed E-state index contributed by atoms with van der Waals surface area (Å²) in [5.41, 5.74) is -1.09. The van der Waals surface area contributed by atoms with E-state index in [2.05, 4.69) is 4.98 Å². The average molecular weight is 400 g/mol. The first kappa shape index (κ1) is 17.9. The molecule has 1 fully saturated rings. The van der Waals surface area contributed by atoms with Gasteiger partial charge >= 0.3 is 6.18 Å². The Bertz CT molecular complexity index is 1010. The average Bonchev–Trinajstić information content (AvgIpc) is 3.33. The number of aliphatic hydroxyl groups excluding tert-OH is 1. The number of halogens is 4. The number of alkyl halides is 3. The van der Waals surface area contributed by atoms with Crippen molar-refractivity contribution in [3.63, 3.8) is 0 Å². The molecule has 4 heterocycles. The highest BCUT2D eigenvalue weighted by Gasteiger charge is 2.37. The minimum atomic E-state index is -4.69. The van der Waals surface area contributed by atoms with Gasteiger partial charge in [-0.25, -0.2) is 4.98 Å². The summed E-state index contributed by atoms with van der Waals surface area (Å²) in [7, 11) is 0.